The van der Waals surface area contributed by atoms with Crippen molar-refractivity contribution in [2.45, 2.75) is 18.2 Å². The molecule has 0 aromatic heterocycles. The largest absolute Gasteiger partial charge is 0.295 e. The first-order valence-corrected chi connectivity index (χ1v) is 9.28. The Morgan fingerprint density at radius 3 is 2.42 bits per heavy atom. The van der Waals surface area contributed by atoms with E-state index < -0.39 is 10.0 Å². The van der Waals surface area contributed by atoms with Crippen molar-refractivity contribution in [3.05, 3.63) is 71.8 Å². The van der Waals surface area contributed by atoms with Gasteiger partial charge in [0.1, 0.15) is 0 Å². The maximum atomic E-state index is 12.8. The second kappa shape index (κ2) is 6.71. The standard InChI is InChI=1S/C19H19NO3S/c1-15(21)18-8-5-9-19(14-18)24(22,23)20-12-10-17(11-13-20)16-6-3-2-4-7-16/h2-10,14H,11-13H2,1H3. The summed E-state index contributed by atoms with van der Waals surface area (Å²) in [5, 5.41) is 0. The van der Waals surface area contributed by atoms with Crippen LogP contribution in [0.1, 0.15) is 29.3 Å². The summed E-state index contributed by atoms with van der Waals surface area (Å²) in [6.45, 7) is 2.21. The van der Waals surface area contributed by atoms with E-state index >= 15 is 0 Å². The number of nitrogens with zero attached hydrogens (tertiary/aromatic N) is 1. The van der Waals surface area contributed by atoms with Crippen molar-refractivity contribution in [1.29, 1.82) is 0 Å². The number of hydrogen-bond acceptors (Lipinski definition) is 3. The van der Waals surface area contributed by atoms with E-state index in [2.05, 4.69) is 0 Å². The van der Waals surface area contributed by atoms with E-state index in [0.717, 1.165) is 5.56 Å². The van der Waals surface area contributed by atoms with E-state index in [1.807, 2.05) is 36.4 Å². The maximum Gasteiger partial charge on any atom is 0.243 e. The summed E-state index contributed by atoms with van der Waals surface area (Å²) < 4.78 is 27.0. The molecule has 3 rings (SSSR count). The summed E-state index contributed by atoms with van der Waals surface area (Å²) in [5.41, 5.74) is 2.71. The molecule has 1 heterocycles. The monoisotopic (exact) mass is 341 g/mol. The van der Waals surface area contributed by atoms with E-state index in [-0.39, 0.29) is 10.7 Å². The summed E-state index contributed by atoms with van der Waals surface area (Å²) in [5.74, 6) is -0.142. The SMILES string of the molecule is CC(=O)c1cccc(S(=O)(=O)N2CC=C(c3ccccc3)CC2)c1. The average molecular weight is 341 g/mol. The first-order valence-electron chi connectivity index (χ1n) is 7.84. The molecule has 0 radical (unpaired) electrons. The fourth-order valence-electron chi connectivity index (χ4n) is 2.81. The van der Waals surface area contributed by atoms with Crippen LogP contribution >= 0.6 is 0 Å². The highest BCUT2D eigenvalue weighted by atomic mass is 32.2. The van der Waals surface area contributed by atoms with Gasteiger partial charge in [0.15, 0.2) is 5.78 Å². The van der Waals surface area contributed by atoms with Gasteiger partial charge in [-0.25, -0.2) is 8.42 Å². The van der Waals surface area contributed by atoms with Crippen LogP contribution in [0.2, 0.25) is 0 Å². The fourth-order valence-corrected chi connectivity index (χ4v) is 4.23. The van der Waals surface area contributed by atoms with Crippen molar-refractivity contribution in [2.24, 2.45) is 0 Å². The zero-order valence-corrected chi connectivity index (χ0v) is 14.3. The number of carbonyl (C=O) groups is 1. The Morgan fingerprint density at radius 1 is 1.04 bits per heavy atom. The molecule has 0 saturated heterocycles. The predicted molar refractivity (Wildman–Crippen MR) is 94.2 cm³/mol. The molecule has 0 unspecified atom stereocenters. The zero-order valence-electron chi connectivity index (χ0n) is 13.5. The van der Waals surface area contributed by atoms with Gasteiger partial charge in [-0.15, -0.1) is 0 Å². The summed E-state index contributed by atoms with van der Waals surface area (Å²) in [4.78, 5) is 11.7. The van der Waals surface area contributed by atoms with Gasteiger partial charge < -0.3 is 0 Å². The number of carbonyl (C=O) groups excluding carboxylic acids is 1. The number of benzene rings is 2. The molecule has 0 saturated carbocycles. The van der Waals surface area contributed by atoms with Crippen molar-refractivity contribution in [1.82, 2.24) is 4.31 Å². The first-order chi connectivity index (χ1) is 11.5. The normalized spacial score (nSPS) is 15.8. The van der Waals surface area contributed by atoms with E-state index in [0.29, 0.717) is 25.1 Å². The quantitative estimate of drug-likeness (QED) is 0.801. The second-order valence-electron chi connectivity index (χ2n) is 5.79. The smallest absolute Gasteiger partial charge is 0.243 e. The average Bonchev–Trinajstić information content (AvgIpc) is 2.62. The fraction of sp³-hybridized carbons (Fsp3) is 0.211. The lowest BCUT2D eigenvalue weighted by molar-refractivity contribution is 0.101. The van der Waals surface area contributed by atoms with Crippen LogP contribution in [0, 0.1) is 0 Å². The lowest BCUT2D eigenvalue weighted by Crippen LogP contribution is -2.34. The lowest BCUT2D eigenvalue weighted by atomic mass is 10.0. The van der Waals surface area contributed by atoms with Crippen molar-refractivity contribution in [3.63, 3.8) is 0 Å². The number of Topliss-reactive ketones (excluding diaryl/α,β-unsaturated/α-hetero) is 1. The van der Waals surface area contributed by atoms with Gasteiger partial charge in [-0.05, 0) is 36.6 Å². The van der Waals surface area contributed by atoms with Crippen molar-refractivity contribution >= 4 is 21.4 Å². The molecule has 0 N–H and O–H groups in total. The number of ketones is 1. The van der Waals surface area contributed by atoms with Crippen LogP contribution in [0.4, 0.5) is 0 Å². The Kier molecular flexibility index (Phi) is 4.64. The van der Waals surface area contributed by atoms with E-state index in [4.69, 9.17) is 0 Å². The summed E-state index contributed by atoms with van der Waals surface area (Å²) >= 11 is 0. The van der Waals surface area contributed by atoms with Gasteiger partial charge in [0.25, 0.3) is 0 Å². The Balaban J connectivity index is 1.84. The summed E-state index contributed by atoms with van der Waals surface area (Å²) in [7, 11) is -3.59. The molecule has 0 aliphatic carbocycles. The lowest BCUT2D eigenvalue weighted by Gasteiger charge is -2.26. The predicted octanol–water partition coefficient (Wildman–Crippen LogP) is 3.37. The highest BCUT2D eigenvalue weighted by Crippen LogP contribution is 2.26. The maximum absolute atomic E-state index is 12.8. The number of rotatable bonds is 4. The van der Waals surface area contributed by atoms with Crippen molar-refractivity contribution in [3.8, 4) is 0 Å². The molecule has 4 nitrogen and oxygen atoms in total. The second-order valence-corrected chi connectivity index (χ2v) is 7.73. The van der Waals surface area contributed by atoms with Gasteiger partial charge in [-0.2, -0.15) is 4.31 Å². The van der Waals surface area contributed by atoms with E-state index in [1.165, 1.54) is 28.9 Å². The third-order valence-electron chi connectivity index (χ3n) is 4.19. The molecule has 2 aromatic carbocycles. The molecule has 24 heavy (non-hydrogen) atoms. The van der Waals surface area contributed by atoms with Crippen LogP contribution in [0.3, 0.4) is 0 Å². The molecule has 5 heteroatoms. The molecule has 2 aromatic rings. The van der Waals surface area contributed by atoms with Gasteiger partial charge in [0.05, 0.1) is 4.90 Å². The van der Waals surface area contributed by atoms with Crippen LogP contribution in [0.15, 0.2) is 65.6 Å². The van der Waals surface area contributed by atoms with Crippen LogP contribution in [-0.2, 0) is 10.0 Å². The number of hydrogen-bond donors (Lipinski definition) is 0. The van der Waals surface area contributed by atoms with Crippen molar-refractivity contribution in [2.75, 3.05) is 13.1 Å². The van der Waals surface area contributed by atoms with Crippen LogP contribution in [0.5, 0.6) is 0 Å². The molecular formula is C19H19NO3S. The molecule has 0 atom stereocenters. The van der Waals surface area contributed by atoms with E-state index in [1.54, 1.807) is 12.1 Å². The van der Waals surface area contributed by atoms with Gasteiger partial charge >= 0.3 is 0 Å². The molecule has 1 aliphatic rings. The van der Waals surface area contributed by atoms with Gasteiger partial charge in [0.2, 0.25) is 10.0 Å². The Hall–Kier alpha value is -2.24. The van der Waals surface area contributed by atoms with Crippen LogP contribution in [-0.4, -0.2) is 31.6 Å². The van der Waals surface area contributed by atoms with Gasteiger partial charge in [-0.3, -0.25) is 4.79 Å². The minimum absolute atomic E-state index is 0.142. The molecule has 0 fully saturated rings. The van der Waals surface area contributed by atoms with Crippen LogP contribution < -0.4 is 0 Å². The Bertz CT molecular complexity index is 886. The molecular weight excluding hydrogens is 322 g/mol. The molecule has 0 bridgehead atoms. The molecule has 124 valence electrons. The zero-order chi connectivity index (χ0) is 17.2. The van der Waals surface area contributed by atoms with E-state index in [9.17, 15) is 13.2 Å². The minimum Gasteiger partial charge on any atom is -0.295 e. The van der Waals surface area contributed by atoms with Gasteiger partial charge in [0, 0.05) is 18.7 Å². The number of sulfonamides is 1. The highest BCUT2D eigenvalue weighted by molar-refractivity contribution is 7.89. The summed E-state index contributed by atoms with van der Waals surface area (Å²) in [6.07, 6.45) is 2.64. The third kappa shape index (κ3) is 3.32. The molecule has 0 spiro atoms. The molecule has 0 amide bonds. The highest BCUT2D eigenvalue weighted by Gasteiger charge is 2.26. The Labute approximate surface area is 142 Å². The molecule has 1 aliphatic heterocycles. The minimum atomic E-state index is -3.59. The van der Waals surface area contributed by atoms with Crippen molar-refractivity contribution < 1.29 is 13.2 Å². The van der Waals surface area contributed by atoms with Crippen LogP contribution in [0.25, 0.3) is 5.57 Å². The topological polar surface area (TPSA) is 54.5 Å². The van der Waals surface area contributed by atoms with Gasteiger partial charge in [-0.1, -0.05) is 48.5 Å². The first kappa shape index (κ1) is 16.6. The third-order valence-corrected chi connectivity index (χ3v) is 6.06. The Morgan fingerprint density at radius 2 is 1.79 bits per heavy atom. The summed E-state index contributed by atoms with van der Waals surface area (Å²) in [6, 6.07) is 16.2.